The van der Waals surface area contributed by atoms with E-state index in [0.717, 1.165) is 55.8 Å². The van der Waals surface area contributed by atoms with Gasteiger partial charge >= 0.3 is 0 Å². The molecule has 1 heterocycles. The summed E-state index contributed by atoms with van der Waals surface area (Å²) >= 11 is 0. The highest BCUT2D eigenvalue weighted by atomic mass is 127. The second-order valence-electron chi connectivity index (χ2n) is 9.70. The Morgan fingerprint density at radius 1 is 1.09 bits per heavy atom. The number of hydrogen-bond donors (Lipinski definition) is 2. The van der Waals surface area contributed by atoms with Crippen LogP contribution in [0.1, 0.15) is 44.1 Å². The van der Waals surface area contributed by atoms with Gasteiger partial charge in [0.2, 0.25) is 5.91 Å². The number of amides is 1. The molecule has 0 spiro atoms. The molecular formula is C24H37FIN5O. The smallest absolute Gasteiger partial charge is 0.243 e. The van der Waals surface area contributed by atoms with Crippen molar-refractivity contribution in [1.29, 1.82) is 0 Å². The predicted molar refractivity (Wildman–Crippen MR) is 137 cm³/mol. The number of carbonyl (C=O) groups is 1. The van der Waals surface area contributed by atoms with Crippen LogP contribution in [0.4, 0.5) is 4.39 Å². The third-order valence-electron chi connectivity index (χ3n) is 7.18. The van der Waals surface area contributed by atoms with Crippen molar-refractivity contribution >= 4 is 35.8 Å². The number of nitrogens with one attached hydrogen (secondary N) is 2. The summed E-state index contributed by atoms with van der Waals surface area (Å²) in [5.74, 6) is 2.24. The van der Waals surface area contributed by atoms with E-state index in [9.17, 15) is 9.18 Å². The Morgan fingerprint density at radius 2 is 1.81 bits per heavy atom. The highest BCUT2D eigenvalue weighted by molar-refractivity contribution is 14.0. The van der Waals surface area contributed by atoms with E-state index in [1.165, 1.54) is 37.8 Å². The second-order valence-corrected chi connectivity index (χ2v) is 9.70. The Balaban J connectivity index is 0.00000289. The summed E-state index contributed by atoms with van der Waals surface area (Å²) in [6.45, 7) is 3.02. The van der Waals surface area contributed by atoms with E-state index < -0.39 is 0 Å². The van der Waals surface area contributed by atoms with Crippen LogP contribution in [0, 0.1) is 17.7 Å². The van der Waals surface area contributed by atoms with Gasteiger partial charge in [-0.3, -0.25) is 9.69 Å². The van der Waals surface area contributed by atoms with Crippen LogP contribution in [0.15, 0.2) is 29.3 Å². The quantitative estimate of drug-likeness (QED) is 0.321. The average Bonchev–Trinajstić information content (AvgIpc) is 3.38. The third-order valence-corrected chi connectivity index (χ3v) is 7.18. The van der Waals surface area contributed by atoms with Crippen molar-refractivity contribution < 1.29 is 9.18 Å². The van der Waals surface area contributed by atoms with Crippen LogP contribution in [-0.2, 0) is 11.3 Å². The molecule has 8 heteroatoms. The number of hydrogen-bond acceptors (Lipinski definition) is 3. The molecule has 1 saturated heterocycles. The topological polar surface area (TPSA) is 60.0 Å². The number of nitrogens with zero attached hydrogens (tertiary/aromatic N) is 3. The van der Waals surface area contributed by atoms with Crippen LogP contribution in [0.2, 0.25) is 0 Å². The van der Waals surface area contributed by atoms with Crippen molar-refractivity contribution in [3.05, 3.63) is 35.6 Å². The average molecular weight is 557 g/mol. The van der Waals surface area contributed by atoms with E-state index in [0.29, 0.717) is 12.1 Å². The molecule has 0 aromatic heterocycles. The van der Waals surface area contributed by atoms with E-state index in [1.807, 2.05) is 12.1 Å². The molecule has 178 valence electrons. The van der Waals surface area contributed by atoms with Gasteiger partial charge < -0.3 is 15.5 Å². The maximum absolute atomic E-state index is 13.1. The molecule has 3 unspecified atom stereocenters. The highest BCUT2D eigenvalue weighted by Gasteiger charge is 2.40. The minimum atomic E-state index is -0.186. The molecule has 1 aromatic rings. The Labute approximate surface area is 208 Å². The van der Waals surface area contributed by atoms with Crippen LogP contribution < -0.4 is 10.6 Å². The molecule has 2 saturated carbocycles. The number of halogens is 2. The summed E-state index contributed by atoms with van der Waals surface area (Å²) in [7, 11) is 3.54. The summed E-state index contributed by atoms with van der Waals surface area (Å²) in [6, 6.07) is 7.63. The maximum atomic E-state index is 13.1. The molecule has 1 amide bonds. The molecule has 3 fully saturated rings. The van der Waals surface area contributed by atoms with Crippen LogP contribution in [0.3, 0.4) is 0 Å². The first-order chi connectivity index (χ1) is 15.0. The van der Waals surface area contributed by atoms with Gasteiger partial charge in [-0.2, -0.15) is 0 Å². The van der Waals surface area contributed by atoms with Gasteiger partial charge in [0.05, 0.1) is 0 Å². The fraction of sp³-hybridized carbons (Fsp3) is 0.667. The zero-order valence-corrected chi connectivity index (χ0v) is 21.6. The SMILES string of the molecule is CN(C)C(=O)CN=C(NC1CCN(Cc2ccc(F)cc2)CC1)NC1CC2CCC1C2.I. The van der Waals surface area contributed by atoms with Gasteiger partial charge in [0.15, 0.2) is 5.96 Å². The van der Waals surface area contributed by atoms with Crippen molar-refractivity contribution in [1.82, 2.24) is 20.4 Å². The van der Waals surface area contributed by atoms with Crippen molar-refractivity contribution in [3.8, 4) is 0 Å². The van der Waals surface area contributed by atoms with E-state index in [-0.39, 0.29) is 42.2 Å². The van der Waals surface area contributed by atoms with Gasteiger partial charge in [0.1, 0.15) is 12.4 Å². The molecule has 0 radical (unpaired) electrons. The lowest BCUT2D eigenvalue weighted by Gasteiger charge is -2.34. The van der Waals surface area contributed by atoms with Crippen molar-refractivity contribution in [3.63, 3.8) is 0 Å². The van der Waals surface area contributed by atoms with Crippen molar-refractivity contribution in [2.45, 2.75) is 57.2 Å². The Bertz CT molecular complexity index is 779. The number of aliphatic imine (C=N–C) groups is 1. The number of guanidine groups is 1. The van der Waals surface area contributed by atoms with Crippen LogP contribution in [0.5, 0.6) is 0 Å². The van der Waals surface area contributed by atoms with Crippen LogP contribution in [-0.4, -0.2) is 67.5 Å². The molecule has 2 bridgehead atoms. The Hall–Kier alpha value is -1.42. The van der Waals surface area contributed by atoms with Crippen molar-refractivity contribution in [2.75, 3.05) is 33.7 Å². The van der Waals surface area contributed by atoms with Crippen LogP contribution >= 0.6 is 24.0 Å². The first-order valence-electron chi connectivity index (χ1n) is 11.7. The van der Waals surface area contributed by atoms with E-state index in [2.05, 4.69) is 20.5 Å². The third kappa shape index (κ3) is 6.79. The molecule has 2 aliphatic carbocycles. The standard InChI is InChI=1S/C24H36FN5O.HI/c1-29(2)23(31)15-26-24(28-22-14-18-3-6-19(22)13-18)27-21-9-11-30(12-10-21)16-17-4-7-20(25)8-5-17;/h4-5,7-8,18-19,21-22H,3,6,9-16H2,1-2H3,(H2,26,27,28);1H. The second kappa shape index (κ2) is 11.6. The predicted octanol–water partition coefficient (Wildman–Crippen LogP) is 3.22. The zero-order chi connectivity index (χ0) is 21.8. The maximum Gasteiger partial charge on any atom is 0.243 e. The molecule has 4 rings (SSSR count). The summed E-state index contributed by atoms with van der Waals surface area (Å²) in [6.07, 6.45) is 7.30. The zero-order valence-electron chi connectivity index (χ0n) is 19.2. The van der Waals surface area contributed by atoms with Crippen molar-refractivity contribution in [2.24, 2.45) is 16.8 Å². The summed E-state index contributed by atoms with van der Waals surface area (Å²) in [5.41, 5.74) is 1.15. The normalized spacial score (nSPS) is 26.0. The molecule has 32 heavy (non-hydrogen) atoms. The number of fused-ring (bicyclic) bond motifs is 2. The minimum Gasteiger partial charge on any atom is -0.354 e. The molecule has 3 aliphatic rings. The van der Waals surface area contributed by atoms with E-state index >= 15 is 0 Å². The van der Waals surface area contributed by atoms with E-state index in [1.54, 1.807) is 19.0 Å². The number of likely N-dealkylation sites (tertiary alicyclic amines) is 1. The first kappa shape index (κ1) is 25.2. The van der Waals surface area contributed by atoms with Crippen LogP contribution in [0.25, 0.3) is 0 Å². The lowest BCUT2D eigenvalue weighted by molar-refractivity contribution is -0.127. The lowest BCUT2D eigenvalue weighted by Crippen LogP contribution is -2.52. The minimum absolute atomic E-state index is 0. The number of piperidine rings is 1. The molecule has 1 aromatic carbocycles. The Kier molecular flexibility index (Phi) is 9.16. The summed E-state index contributed by atoms with van der Waals surface area (Å²) < 4.78 is 13.1. The fourth-order valence-electron chi connectivity index (χ4n) is 5.29. The number of likely N-dealkylation sites (N-methyl/N-ethyl adjacent to an activating group) is 1. The highest BCUT2D eigenvalue weighted by Crippen LogP contribution is 2.44. The fourth-order valence-corrected chi connectivity index (χ4v) is 5.29. The van der Waals surface area contributed by atoms with Gasteiger partial charge in [-0.05, 0) is 61.6 Å². The van der Waals surface area contributed by atoms with Gasteiger partial charge in [0, 0.05) is 45.8 Å². The molecule has 2 N–H and O–H groups in total. The molecule has 6 nitrogen and oxygen atoms in total. The number of rotatable bonds is 6. The summed E-state index contributed by atoms with van der Waals surface area (Å²) in [5, 5.41) is 7.28. The number of carbonyl (C=O) groups excluding carboxylic acids is 1. The van der Waals surface area contributed by atoms with E-state index in [4.69, 9.17) is 0 Å². The first-order valence-corrected chi connectivity index (χ1v) is 11.7. The van der Waals surface area contributed by atoms with Gasteiger partial charge in [-0.25, -0.2) is 9.38 Å². The monoisotopic (exact) mass is 557 g/mol. The molecule has 1 aliphatic heterocycles. The molecular weight excluding hydrogens is 520 g/mol. The van der Waals surface area contributed by atoms with Gasteiger partial charge in [-0.15, -0.1) is 24.0 Å². The van der Waals surface area contributed by atoms with Gasteiger partial charge in [-0.1, -0.05) is 18.6 Å². The van der Waals surface area contributed by atoms with Gasteiger partial charge in [0.25, 0.3) is 0 Å². The lowest BCUT2D eigenvalue weighted by atomic mass is 9.95. The summed E-state index contributed by atoms with van der Waals surface area (Å²) in [4.78, 5) is 20.7. The largest absolute Gasteiger partial charge is 0.354 e. The molecule has 3 atom stereocenters. The number of benzene rings is 1. The Morgan fingerprint density at radius 3 is 2.41 bits per heavy atom.